The van der Waals surface area contributed by atoms with Crippen molar-refractivity contribution in [1.29, 1.82) is 0 Å². The molecule has 0 radical (unpaired) electrons. The van der Waals surface area contributed by atoms with Crippen LogP contribution in [0.25, 0.3) is 0 Å². The van der Waals surface area contributed by atoms with Gasteiger partial charge in [-0.2, -0.15) is 0 Å². The predicted octanol–water partition coefficient (Wildman–Crippen LogP) is 1.48. The Bertz CT molecular complexity index is 653. The van der Waals surface area contributed by atoms with Crippen LogP contribution in [0, 0.1) is 13.8 Å². The lowest BCUT2D eigenvalue weighted by Crippen LogP contribution is -2.36. The number of aromatic nitrogens is 2. The number of carbonyl (C=O) groups is 2. The molecule has 1 N–H and O–H groups in total. The largest absolute Gasteiger partial charge is 0.483 e. The number of rotatable bonds is 6. The Labute approximate surface area is 147 Å². The molecule has 0 saturated carbocycles. The molecular formula is C17H24N4O4. The van der Waals surface area contributed by atoms with Gasteiger partial charge in [0.2, 0.25) is 5.91 Å². The van der Waals surface area contributed by atoms with Gasteiger partial charge in [-0.1, -0.05) is 11.2 Å². The summed E-state index contributed by atoms with van der Waals surface area (Å²) >= 11 is 0. The zero-order valence-corrected chi connectivity index (χ0v) is 15.0. The first kappa shape index (κ1) is 20.3. The van der Waals surface area contributed by atoms with E-state index in [2.05, 4.69) is 10.1 Å². The van der Waals surface area contributed by atoms with Crippen molar-refractivity contribution < 1.29 is 19.2 Å². The minimum atomic E-state index is -0.250. The highest BCUT2D eigenvalue weighted by atomic mass is 16.5. The maximum absolute atomic E-state index is 12.3. The summed E-state index contributed by atoms with van der Waals surface area (Å²) in [5.74, 6) is 0.826. The third-order valence-electron chi connectivity index (χ3n) is 3.58. The van der Waals surface area contributed by atoms with Crippen LogP contribution in [0.15, 0.2) is 29.0 Å². The van der Waals surface area contributed by atoms with E-state index in [1.807, 2.05) is 44.1 Å². The average Bonchev–Trinajstić information content (AvgIpc) is 2.88. The molecule has 2 aromatic heterocycles. The molecule has 0 aliphatic carbocycles. The van der Waals surface area contributed by atoms with Crippen molar-refractivity contribution in [3.05, 3.63) is 47.1 Å². The fraction of sp³-hybridized carbons (Fsp3) is 0.412. The van der Waals surface area contributed by atoms with E-state index in [1.54, 1.807) is 18.1 Å². The normalized spacial score (nSPS) is 10.1. The fourth-order valence-corrected chi connectivity index (χ4v) is 2.26. The van der Waals surface area contributed by atoms with E-state index >= 15 is 0 Å². The first-order chi connectivity index (χ1) is 11.9. The highest BCUT2D eigenvalue weighted by Gasteiger charge is 2.16. The Morgan fingerprint density at radius 1 is 1.32 bits per heavy atom. The van der Waals surface area contributed by atoms with Crippen LogP contribution in [0.2, 0.25) is 0 Å². The summed E-state index contributed by atoms with van der Waals surface area (Å²) in [5, 5.41) is 10.8. The van der Waals surface area contributed by atoms with Crippen LogP contribution in [-0.2, 0) is 22.7 Å². The number of aryl methyl sites for hydroxylation is 2. The molecular weight excluding hydrogens is 324 g/mol. The highest BCUT2D eigenvalue weighted by Crippen LogP contribution is 2.14. The molecule has 8 nitrogen and oxygen atoms in total. The summed E-state index contributed by atoms with van der Waals surface area (Å²) in [6.07, 6.45) is 3.56. The van der Waals surface area contributed by atoms with Gasteiger partial charge < -0.3 is 14.5 Å². The van der Waals surface area contributed by atoms with Gasteiger partial charge >= 0.3 is 0 Å². The van der Waals surface area contributed by atoms with E-state index < -0.39 is 0 Å². The second-order valence-corrected chi connectivity index (χ2v) is 5.69. The first-order valence-electron chi connectivity index (χ1n) is 7.70. The van der Waals surface area contributed by atoms with Crippen LogP contribution < -0.4 is 0 Å². The summed E-state index contributed by atoms with van der Waals surface area (Å²) in [6.45, 7) is 5.06. The lowest BCUT2D eigenvalue weighted by molar-refractivity contribution is -0.131. The van der Waals surface area contributed by atoms with Gasteiger partial charge in [-0.15, -0.1) is 0 Å². The Morgan fingerprint density at radius 3 is 2.52 bits per heavy atom. The smallest absolute Gasteiger partial charge is 0.290 e. The van der Waals surface area contributed by atoms with E-state index in [0.717, 1.165) is 22.6 Å². The van der Waals surface area contributed by atoms with Crippen LogP contribution in [0.3, 0.4) is 0 Å². The van der Waals surface area contributed by atoms with Crippen molar-refractivity contribution in [3.63, 3.8) is 0 Å². The third-order valence-corrected chi connectivity index (χ3v) is 3.58. The summed E-state index contributed by atoms with van der Waals surface area (Å²) in [6, 6.07) is 3.90. The molecule has 0 atom stereocenters. The third kappa shape index (κ3) is 6.72. The van der Waals surface area contributed by atoms with Crippen LogP contribution >= 0.6 is 0 Å². The Kier molecular flexibility index (Phi) is 8.28. The van der Waals surface area contributed by atoms with Crippen LogP contribution in [0.5, 0.6) is 0 Å². The summed E-state index contributed by atoms with van der Waals surface area (Å²) < 4.78 is 5.13. The lowest BCUT2D eigenvalue weighted by Gasteiger charge is -2.21. The lowest BCUT2D eigenvalue weighted by atomic mass is 10.2. The molecule has 0 spiro atoms. The Hall–Kier alpha value is -2.74. The van der Waals surface area contributed by atoms with Gasteiger partial charge in [-0.05, 0) is 32.5 Å². The number of pyridine rings is 1. The monoisotopic (exact) mass is 348 g/mol. The van der Waals surface area contributed by atoms with Gasteiger partial charge in [0.25, 0.3) is 6.47 Å². The number of carboxylic acid groups (broad SMARTS) is 1. The summed E-state index contributed by atoms with van der Waals surface area (Å²) in [4.78, 5) is 28.4. The molecule has 25 heavy (non-hydrogen) atoms. The van der Waals surface area contributed by atoms with Crippen molar-refractivity contribution >= 4 is 12.4 Å². The standard InChI is InChI=1S/C16H22N4O2.CH2O2/c1-12-15(13(2)22-18-12)10-20(4)16(21)11-19(3)9-14-6-5-7-17-8-14;2-1-3/h5-8H,9-11H2,1-4H3;1H,(H,2,3). The van der Waals surface area contributed by atoms with E-state index in [0.29, 0.717) is 19.6 Å². The molecule has 1 amide bonds. The van der Waals surface area contributed by atoms with Crippen molar-refractivity contribution in [2.45, 2.75) is 26.9 Å². The SMILES string of the molecule is Cc1noc(C)c1CN(C)C(=O)CN(C)Cc1cccnc1.O=CO. The number of amides is 1. The Balaban J connectivity index is 0.000000970. The molecule has 0 aromatic carbocycles. The molecule has 0 bridgehead atoms. The molecule has 0 aliphatic rings. The van der Waals surface area contributed by atoms with Crippen LogP contribution in [-0.4, -0.2) is 58.1 Å². The molecule has 2 heterocycles. The number of nitrogens with zero attached hydrogens (tertiary/aromatic N) is 4. The second kappa shape index (κ2) is 10.2. The Morgan fingerprint density at radius 2 is 2.00 bits per heavy atom. The zero-order valence-electron chi connectivity index (χ0n) is 15.0. The average molecular weight is 348 g/mol. The van der Waals surface area contributed by atoms with E-state index in [1.165, 1.54) is 0 Å². The van der Waals surface area contributed by atoms with Crippen molar-refractivity contribution in [2.24, 2.45) is 0 Å². The topological polar surface area (TPSA) is 99.8 Å². The first-order valence-corrected chi connectivity index (χ1v) is 7.70. The molecule has 0 fully saturated rings. The van der Waals surface area contributed by atoms with Gasteiger partial charge in [-0.25, -0.2) is 0 Å². The van der Waals surface area contributed by atoms with Gasteiger partial charge in [-0.3, -0.25) is 19.5 Å². The molecule has 0 aliphatic heterocycles. The van der Waals surface area contributed by atoms with Crippen molar-refractivity contribution in [3.8, 4) is 0 Å². The number of hydrogen-bond donors (Lipinski definition) is 1. The van der Waals surface area contributed by atoms with E-state index in [4.69, 9.17) is 14.4 Å². The van der Waals surface area contributed by atoms with Crippen molar-refractivity contribution in [1.82, 2.24) is 19.9 Å². The quantitative estimate of drug-likeness (QED) is 0.789. The fourth-order valence-electron chi connectivity index (χ4n) is 2.26. The highest BCUT2D eigenvalue weighted by molar-refractivity contribution is 5.78. The minimum absolute atomic E-state index is 0.0615. The molecule has 8 heteroatoms. The maximum atomic E-state index is 12.3. The molecule has 136 valence electrons. The predicted molar refractivity (Wildman–Crippen MR) is 91.7 cm³/mol. The van der Waals surface area contributed by atoms with Crippen LogP contribution in [0.1, 0.15) is 22.6 Å². The molecule has 2 rings (SSSR count). The van der Waals surface area contributed by atoms with E-state index in [-0.39, 0.29) is 12.4 Å². The van der Waals surface area contributed by atoms with E-state index in [9.17, 15) is 4.79 Å². The second-order valence-electron chi connectivity index (χ2n) is 5.69. The molecule has 0 unspecified atom stereocenters. The number of carbonyl (C=O) groups excluding carboxylic acids is 1. The minimum Gasteiger partial charge on any atom is -0.483 e. The van der Waals surface area contributed by atoms with Crippen LogP contribution in [0.4, 0.5) is 0 Å². The maximum Gasteiger partial charge on any atom is 0.290 e. The zero-order chi connectivity index (χ0) is 18.8. The van der Waals surface area contributed by atoms with Crippen molar-refractivity contribution in [2.75, 3.05) is 20.6 Å². The number of hydrogen-bond acceptors (Lipinski definition) is 6. The van der Waals surface area contributed by atoms with Gasteiger partial charge in [0.1, 0.15) is 5.76 Å². The number of likely N-dealkylation sites (N-methyl/N-ethyl adjacent to an activating group) is 2. The van der Waals surface area contributed by atoms with Gasteiger partial charge in [0, 0.05) is 31.5 Å². The van der Waals surface area contributed by atoms with Gasteiger partial charge in [0.15, 0.2) is 0 Å². The van der Waals surface area contributed by atoms with Gasteiger partial charge in [0.05, 0.1) is 18.8 Å². The molecule has 2 aromatic rings. The summed E-state index contributed by atoms with van der Waals surface area (Å²) in [7, 11) is 3.72. The summed E-state index contributed by atoms with van der Waals surface area (Å²) in [5.41, 5.74) is 2.90. The molecule has 0 saturated heterocycles.